The van der Waals surface area contributed by atoms with Gasteiger partial charge in [0.15, 0.2) is 0 Å². The number of ketones is 1. The zero-order valence-corrected chi connectivity index (χ0v) is 16.2. The van der Waals surface area contributed by atoms with Crippen LogP contribution in [-0.4, -0.2) is 25.5 Å². The first kappa shape index (κ1) is 22.4. The first-order valence-corrected chi connectivity index (χ1v) is 8.81. The molecule has 4 rings (SSSR count). The Bertz CT molecular complexity index is 1340. The summed E-state index contributed by atoms with van der Waals surface area (Å²) in [7, 11) is 0. The summed E-state index contributed by atoms with van der Waals surface area (Å²) in [5.41, 5.74) is 4.37. The van der Waals surface area contributed by atoms with Crippen LogP contribution in [0, 0.1) is 40.5 Å². The number of anilines is 1. The van der Waals surface area contributed by atoms with Crippen LogP contribution in [-0.2, 0) is 4.79 Å². The minimum atomic E-state index is -0.991. The maximum absolute atomic E-state index is 12.1. The SMILES string of the molecule is Nc1ccc([N+](=O)[O-])cc1.O=C1C2=Cc3cc([N+](=O)[O-])ccc3C2=C([N+](=O)[O-])C=C1[N+](=O)[O-]. The number of allylic oxidation sites excluding steroid dienone is 3. The summed E-state index contributed by atoms with van der Waals surface area (Å²) in [5.74, 6) is -0.963. The van der Waals surface area contributed by atoms with Crippen LogP contribution < -0.4 is 5.73 Å². The Hall–Kier alpha value is -5.27. The molecule has 14 nitrogen and oxygen atoms in total. The van der Waals surface area contributed by atoms with Gasteiger partial charge in [0.25, 0.3) is 22.9 Å². The van der Waals surface area contributed by atoms with Gasteiger partial charge >= 0.3 is 5.70 Å². The Labute approximate surface area is 182 Å². The molecule has 33 heavy (non-hydrogen) atoms. The molecule has 0 bridgehead atoms. The largest absolute Gasteiger partial charge is 0.399 e. The van der Waals surface area contributed by atoms with Crippen molar-refractivity contribution in [3.63, 3.8) is 0 Å². The lowest BCUT2D eigenvalue weighted by Gasteiger charge is -2.10. The van der Waals surface area contributed by atoms with E-state index in [9.17, 15) is 45.3 Å². The molecule has 0 aliphatic heterocycles. The summed E-state index contributed by atoms with van der Waals surface area (Å²) in [6.45, 7) is 0. The van der Waals surface area contributed by atoms with E-state index < -0.39 is 36.9 Å². The van der Waals surface area contributed by atoms with E-state index in [2.05, 4.69) is 0 Å². The molecule has 0 amide bonds. The molecular formula is C19H11N5O9. The van der Waals surface area contributed by atoms with Crippen molar-refractivity contribution in [2.75, 3.05) is 5.73 Å². The second kappa shape index (κ2) is 8.46. The quantitative estimate of drug-likeness (QED) is 0.405. The molecule has 2 N–H and O–H groups in total. The Balaban J connectivity index is 0.000000257. The van der Waals surface area contributed by atoms with Crippen molar-refractivity contribution in [1.29, 1.82) is 0 Å². The van der Waals surface area contributed by atoms with Gasteiger partial charge in [-0.1, -0.05) is 0 Å². The van der Waals surface area contributed by atoms with Gasteiger partial charge in [-0.25, -0.2) is 0 Å². The molecule has 2 aromatic carbocycles. The standard InChI is InChI=1S/C13H5N3O7.C6H6N2O2/c17-13-9-4-6-3-7(14(18)19)1-2-8(6)12(9)10(15(20)21)5-11(13)16(22)23;7-5-1-3-6(4-2-5)8(9)10/h1-5H;1-4H,7H2. The Morgan fingerprint density at radius 3 is 1.79 bits per heavy atom. The van der Waals surface area contributed by atoms with Crippen LogP contribution in [0.15, 0.2) is 65.5 Å². The third-order valence-corrected chi connectivity index (χ3v) is 4.59. The highest BCUT2D eigenvalue weighted by Crippen LogP contribution is 2.43. The molecule has 2 aliphatic carbocycles. The second-order valence-electron chi connectivity index (χ2n) is 6.57. The van der Waals surface area contributed by atoms with E-state index in [0.29, 0.717) is 11.8 Å². The van der Waals surface area contributed by atoms with Crippen molar-refractivity contribution in [3.05, 3.63) is 117 Å². The number of hydrogen-bond acceptors (Lipinski definition) is 10. The highest BCUT2D eigenvalue weighted by Gasteiger charge is 2.42. The lowest BCUT2D eigenvalue weighted by atomic mass is 9.92. The highest BCUT2D eigenvalue weighted by molar-refractivity contribution is 6.25. The number of non-ortho nitro benzene ring substituents is 2. The molecule has 14 heteroatoms. The molecule has 0 radical (unpaired) electrons. The van der Waals surface area contributed by atoms with Gasteiger partial charge in [-0.2, -0.15) is 0 Å². The van der Waals surface area contributed by atoms with Crippen molar-refractivity contribution in [1.82, 2.24) is 0 Å². The van der Waals surface area contributed by atoms with Crippen LogP contribution >= 0.6 is 0 Å². The van der Waals surface area contributed by atoms with E-state index in [-0.39, 0.29) is 33.6 Å². The van der Waals surface area contributed by atoms with Crippen molar-refractivity contribution in [3.8, 4) is 0 Å². The molecule has 0 saturated heterocycles. The summed E-state index contributed by atoms with van der Waals surface area (Å²) < 4.78 is 0. The number of hydrogen-bond donors (Lipinski definition) is 1. The zero-order valence-electron chi connectivity index (χ0n) is 16.2. The number of carbonyl (C=O) groups is 1. The molecule has 0 unspecified atom stereocenters. The second-order valence-corrected chi connectivity index (χ2v) is 6.57. The number of nitrogen functional groups attached to an aromatic ring is 1. The average molecular weight is 453 g/mol. The van der Waals surface area contributed by atoms with E-state index in [4.69, 9.17) is 5.73 Å². The predicted molar refractivity (Wildman–Crippen MR) is 113 cm³/mol. The summed E-state index contributed by atoms with van der Waals surface area (Å²) in [5, 5.41) is 43.0. The van der Waals surface area contributed by atoms with Crippen molar-refractivity contribution in [2.24, 2.45) is 0 Å². The van der Waals surface area contributed by atoms with E-state index >= 15 is 0 Å². The van der Waals surface area contributed by atoms with Gasteiger partial charge in [-0.05, 0) is 35.4 Å². The number of nitrogens with zero attached hydrogens (tertiary/aromatic N) is 4. The molecule has 0 fully saturated rings. The predicted octanol–water partition coefficient (Wildman–Crippen LogP) is 2.90. The molecule has 166 valence electrons. The Morgan fingerprint density at radius 1 is 0.697 bits per heavy atom. The Kier molecular flexibility index (Phi) is 5.75. The lowest BCUT2D eigenvalue weighted by Crippen LogP contribution is -2.20. The minimum Gasteiger partial charge on any atom is -0.399 e. The van der Waals surface area contributed by atoms with Crippen molar-refractivity contribution < 1.29 is 24.5 Å². The van der Waals surface area contributed by atoms with Gasteiger partial charge in [-0.3, -0.25) is 45.3 Å². The molecule has 0 saturated carbocycles. The summed E-state index contributed by atoms with van der Waals surface area (Å²) >= 11 is 0. The highest BCUT2D eigenvalue weighted by atomic mass is 16.6. The van der Waals surface area contributed by atoms with Crippen LogP contribution in [0.3, 0.4) is 0 Å². The number of Topliss-reactive ketones (excluding diaryl/α,β-unsaturated/α-hetero) is 1. The Morgan fingerprint density at radius 2 is 1.27 bits per heavy atom. The van der Waals surface area contributed by atoms with E-state index in [1.807, 2.05) is 0 Å². The summed E-state index contributed by atoms with van der Waals surface area (Å²) in [4.78, 5) is 52.2. The molecule has 0 spiro atoms. The van der Waals surface area contributed by atoms with E-state index in [1.165, 1.54) is 36.4 Å². The fourth-order valence-corrected chi connectivity index (χ4v) is 3.12. The van der Waals surface area contributed by atoms with Gasteiger partial charge in [0.2, 0.25) is 0 Å². The minimum absolute atomic E-state index is 0.0597. The van der Waals surface area contributed by atoms with Gasteiger partial charge in [0.05, 0.1) is 31.3 Å². The van der Waals surface area contributed by atoms with Gasteiger partial charge in [0.1, 0.15) is 0 Å². The maximum Gasteiger partial charge on any atom is 0.323 e. The molecule has 0 heterocycles. The van der Waals surface area contributed by atoms with Crippen LogP contribution in [0.1, 0.15) is 11.1 Å². The van der Waals surface area contributed by atoms with Gasteiger partial charge in [-0.15, -0.1) is 0 Å². The number of fused-ring (bicyclic) bond motifs is 3. The normalized spacial score (nSPS) is 13.6. The van der Waals surface area contributed by atoms with Crippen LogP contribution in [0.2, 0.25) is 0 Å². The molecule has 2 aliphatic rings. The maximum atomic E-state index is 12.1. The lowest BCUT2D eigenvalue weighted by molar-refractivity contribution is -0.430. The third kappa shape index (κ3) is 4.29. The van der Waals surface area contributed by atoms with Crippen LogP contribution in [0.5, 0.6) is 0 Å². The zero-order chi connectivity index (χ0) is 24.4. The van der Waals surface area contributed by atoms with Crippen LogP contribution in [0.25, 0.3) is 11.6 Å². The van der Waals surface area contributed by atoms with Crippen LogP contribution in [0.4, 0.5) is 17.1 Å². The molecule has 2 aromatic rings. The summed E-state index contributed by atoms with van der Waals surface area (Å²) in [6.07, 6.45) is 1.81. The van der Waals surface area contributed by atoms with Crippen molar-refractivity contribution in [2.45, 2.75) is 0 Å². The van der Waals surface area contributed by atoms with Crippen molar-refractivity contribution >= 4 is 34.5 Å². The van der Waals surface area contributed by atoms with E-state index in [0.717, 1.165) is 12.1 Å². The summed E-state index contributed by atoms with van der Waals surface area (Å²) in [6, 6.07) is 9.33. The smallest absolute Gasteiger partial charge is 0.323 e. The molecule has 0 aromatic heterocycles. The number of carbonyl (C=O) groups excluding carboxylic acids is 1. The molecule has 0 atom stereocenters. The average Bonchev–Trinajstić information content (AvgIpc) is 3.13. The third-order valence-electron chi connectivity index (χ3n) is 4.59. The van der Waals surface area contributed by atoms with Gasteiger partial charge < -0.3 is 5.73 Å². The monoisotopic (exact) mass is 453 g/mol. The number of benzene rings is 2. The first-order chi connectivity index (χ1) is 15.5. The number of nitro groups is 4. The van der Waals surface area contributed by atoms with E-state index in [1.54, 1.807) is 0 Å². The number of rotatable bonds is 4. The van der Waals surface area contributed by atoms with Gasteiger partial charge in [0, 0.05) is 35.5 Å². The topological polar surface area (TPSA) is 216 Å². The fraction of sp³-hybridized carbons (Fsp3) is 0. The number of nitro benzene ring substituents is 2. The fourth-order valence-electron chi connectivity index (χ4n) is 3.12. The molecular weight excluding hydrogens is 442 g/mol. The first-order valence-electron chi connectivity index (χ1n) is 8.81. The number of nitrogens with two attached hydrogens (primary N) is 1.